The van der Waals surface area contributed by atoms with E-state index in [1.807, 2.05) is 0 Å². The van der Waals surface area contributed by atoms with Crippen LogP contribution < -0.4 is 9.46 Å². The van der Waals surface area contributed by atoms with Crippen LogP contribution in [0, 0.1) is 0 Å². The van der Waals surface area contributed by atoms with Crippen LogP contribution in [-0.2, 0) is 14.8 Å². The van der Waals surface area contributed by atoms with Crippen LogP contribution in [0.1, 0.15) is 24.9 Å². The van der Waals surface area contributed by atoms with Gasteiger partial charge in [0.2, 0.25) is 10.0 Å². The summed E-state index contributed by atoms with van der Waals surface area (Å²) in [5.41, 5.74) is 0.698. The van der Waals surface area contributed by atoms with Gasteiger partial charge in [0.1, 0.15) is 5.75 Å². The number of sulfonamides is 1. The molecule has 0 heterocycles. The van der Waals surface area contributed by atoms with Crippen LogP contribution in [0.4, 0.5) is 0 Å². The summed E-state index contributed by atoms with van der Waals surface area (Å²) >= 11 is 0. The van der Waals surface area contributed by atoms with Gasteiger partial charge >= 0.3 is 5.97 Å². The van der Waals surface area contributed by atoms with Gasteiger partial charge in [-0.1, -0.05) is 18.2 Å². The molecular formula is C12H17NO5S. The molecule has 0 aromatic heterocycles. The standard InChI is InChI=1S/C12H17NO5S/c1-9(10-5-3-4-6-11(10)18-2)13-19(16,17)8-7-12(14)15/h3-6,9,13H,7-8H2,1-2H3,(H,14,15)/t9-/m0/s1. The molecule has 0 bridgehead atoms. The van der Waals surface area contributed by atoms with Gasteiger partial charge in [-0.15, -0.1) is 0 Å². The molecule has 0 radical (unpaired) electrons. The van der Waals surface area contributed by atoms with E-state index in [0.717, 1.165) is 0 Å². The van der Waals surface area contributed by atoms with Crippen molar-refractivity contribution in [2.75, 3.05) is 12.9 Å². The second kappa shape index (κ2) is 6.53. The molecule has 0 fully saturated rings. The zero-order valence-corrected chi connectivity index (χ0v) is 11.6. The number of hydrogen-bond acceptors (Lipinski definition) is 4. The van der Waals surface area contributed by atoms with Gasteiger partial charge < -0.3 is 9.84 Å². The molecule has 6 nitrogen and oxygen atoms in total. The minimum atomic E-state index is -3.64. The Morgan fingerprint density at radius 3 is 2.63 bits per heavy atom. The SMILES string of the molecule is COc1ccccc1[C@H](C)NS(=O)(=O)CCC(=O)O. The van der Waals surface area contributed by atoms with Crippen molar-refractivity contribution in [3.05, 3.63) is 29.8 Å². The molecule has 0 saturated carbocycles. The normalized spacial score (nSPS) is 12.9. The zero-order valence-electron chi connectivity index (χ0n) is 10.8. The van der Waals surface area contributed by atoms with Gasteiger partial charge in [-0.3, -0.25) is 4.79 Å². The molecule has 0 spiro atoms. The summed E-state index contributed by atoms with van der Waals surface area (Å²) in [5, 5.41) is 8.50. The minimum Gasteiger partial charge on any atom is -0.496 e. The van der Waals surface area contributed by atoms with Crippen LogP contribution >= 0.6 is 0 Å². The number of benzene rings is 1. The number of nitrogens with one attached hydrogen (secondary N) is 1. The number of para-hydroxylation sites is 1. The third-order valence-corrected chi connectivity index (χ3v) is 4.00. The molecule has 1 rings (SSSR count). The summed E-state index contributed by atoms with van der Waals surface area (Å²) in [6, 6.07) is 6.56. The van der Waals surface area contributed by atoms with E-state index in [0.29, 0.717) is 11.3 Å². The second-order valence-corrected chi connectivity index (χ2v) is 5.92. The highest BCUT2D eigenvalue weighted by Crippen LogP contribution is 2.24. The fourth-order valence-corrected chi connectivity index (χ4v) is 2.86. The van der Waals surface area contributed by atoms with E-state index in [2.05, 4.69) is 4.72 Å². The van der Waals surface area contributed by atoms with E-state index >= 15 is 0 Å². The lowest BCUT2D eigenvalue weighted by Crippen LogP contribution is -2.30. The van der Waals surface area contributed by atoms with E-state index in [9.17, 15) is 13.2 Å². The predicted octanol–water partition coefficient (Wildman–Crippen LogP) is 1.15. The Morgan fingerprint density at radius 1 is 1.42 bits per heavy atom. The molecule has 7 heteroatoms. The van der Waals surface area contributed by atoms with Gasteiger partial charge in [0.05, 0.1) is 19.3 Å². The number of ether oxygens (including phenoxy) is 1. The Kier molecular flexibility index (Phi) is 5.31. The third-order valence-electron chi connectivity index (χ3n) is 2.55. The van der Waals surface area contributed by atoms with Gasteiger partial charge in [-0.2, -0.15) is 0 Å². The Labute approximate surface area is 112 Å². The maximum atomic E-state index is 11.7. The van der Waals surface area contributed by atoms with E-state index in [4.69, 9.17) is 9.84 Å². The first-order chi connectivity index (χ1) is 8.85. The first-order valence-corrected chi connectivity index (χ1v) is 7.35. The molecule has 2 N–H and O–H groups in total. The lowest BCUT2D eigenvalue weighted by molar-refractivity contribution is -0.136. The van der Waals surface area contributed by atoms with Gasteiger partial charge in [0.25, 0.3) is 0 Å². The predicted molar refractivity (Wildman–Crippen MR) is 70.6 cm³/mol. The molecule has 1 aromatic carbocycles. The van der Waals surface area contributed by atoms with Crippen molar-refractivity contribution >= 4 is 16.0 Å². The van der Waals surface area contributed by atoms with E-state index in [1.54, 1.807) is 31.2 Å². The van der Waals surface area contributed by atoms with Crippen LogP contribution in [0.5, 0.6) is 5.75 Å². The van der Waals surface area contributed by atoms with E-state index in [-0.39, 0.29) is 0 Å². The summed E-state index contributed by atoms with van der Waals surface area (Å²) in [6.07, 6.45) is -0.423. The average molecular weight is 287 g/mol. The topological polar surface area (TPSA) is 92.7 Å². The fraction of sp³-hybridized carbons (Fsp3) is 0.417. The summed E-state index contributed by atoms with van der Waals surface area (Å²) in [5.74, 6) is -1.01. The van der Waals surface area contributed by atoms with Crippen molar-refractivity contribution in [2.24, 2.45) is 0 Å². The smallest absolute Gasteiger partial charge is 0.304 e. The zero-order chi connectivity index (χ0) is 14.5. The molecule has 1 aromatic rings. The molecule has 0 saturated heterocycles. The quantitative estimate of drug-likeness (QED) is 0.784. The van der Waals surface area contributed by atoms with Crippen molar-refractivity contribution in [1.82, 2.24) is 4.72 Å². The molecule has 19 heavy (non-hydrogen) atoms. The van der Waals surface area contributed by atoms with Crippen molar-refractivity contribution in [3.8, 4) is 5.75 Å². The van der Waals surface area contributed by atoms with E-state index in [1.165, 1.54) is 7.11 Å². The molecule has 0 aliphatic rings. The molecule has 1 atom stereocenters. The molecule has 106 valence electrons. The van der Waals surface area contributed by atoms with Crippen LogP contribution in [0.25, 0.3) is 0 Å². The van der Waals surface area contributed by atoms with Crippen LogP contribution in [-0.4, -0.2) is 32.4 Å². The molecule has 0 aliphatic heterocycles. The fourth-order valence-electron chi connectivity index (χ4n) is 1.64. The van der Waals surface area contributed by atoms with Crippen LogP contribution in [0.3, 0.4) is 0 Å². The Balaban J connectivity index is 2.78. The van der Waals surface area contributed by atoms with Gasteiger partial charge in [-0.25, -0.2) is 13.1 Å². The largest absolute Gasteiger partial charge is 0.496 e. The van der Waals surface area contributed by atoms with Crippen LogP contribution in [0.2, 0.25) is 0 Å². The maximum Gasteiger partial charge on any atom is 0.304 e. The van der Waals surface area contributed by atoms with Crippen molar-refractivity contribution in [1.29, 1.82) is 0 Å². The molecule has 0 unspecified atom stereocenters. The van der Waals surface area contributed by atoms with Crippen molar-refractivity contribution in [3.63, 3.8) is 0 Å². The van der Waals surface area contributed by atoms with Crippen molar-refractivity contribution < 1.29 is 23.1 Å². The number of carbonyl (C=O) groups is 1. The summed E-state index contributed by atoms with van der Waals surface area (Å²) in [7, 11) is -2.13. The highest BCUT2D eigenvalue weighted by atomic mass is 32.2. The highest BCUT2D eigenvalue weighted by Gasteiger charge is 2.19. The second-order valence-electron chi connectivity index (χ2n) is 4.04. The lowest BCUT2D eigenvalue weighted by atomic mass is 10.1. The van der Waals surface area contributed by atoms with Crippen LogP contribution in [0.15, 0.2) is 24.3 Å². The molecule has 0 amide bonds. The van der Waals surface area contributed by atoms with Gasteiger partial charge in [0.15, 0.2) is 0 Å². The number of rotatable bonds is 7. The van der Waals surface area contributed by atoms with Crippen molar-refractivity contribution in [2.45, 2.75) is 19.4 Å². The lowest BCUT2D eigenvalue weighted by Gasteiger charge is -2.17. The summed E-state index contributed by atoms with van der Waals surface area (Å²) in [4.78, 5) is 10.4. The summed E-state index contributed by atoms with van der Waals surface area (Å²) in [6.45, 7) is 1.68. The average Bonchev–Trinajstić information content (AvgIpc) is 2.36. The Morgan fingerprint density at radius 2 is 2.05 bits per heavy atom. The number of carboxylic acids is 1. The van der Waals surface area contributed by atoms with E-state index < -0.39 is 34.2 Å². The Bertz CT molecular complexity index is 541. The van der Waals surface area contributed by atoms with Gasteiger partial charge in [-0.05, 0) is 13.0 Å². The monoisotopic (exact) mass is 287 g/mol. The molecular weight excluding hydrogens is 270 g/mol. The Hall–Kier alpha value is -1.60. The number of hydrogen-bond donors (Lipinski definition) is 2. The first kappa shape index (κ1) is 15.5. The first-order valence-electron chi connectivity index (χ1n) is 5.70. The maximum absolute atomic E-state index is 11.7. The third kappa shape index (κ3) is 4.88. The summed E-state index contributed by atoms with van der Waals surface area (Å²) < 4.78 is 31.0. The minimum absolute atomic E-state index is 0.423. The number of carboxylic acid groups (broad SMARTS) is 1. The van der Waals surface area contributed by atoms with Gasteiger partial charge in [0, 0.05) is 11.6 Å². The number of aliphatic carboxylic acids is 1. The molecule has 0 aliphatic carbocycles. The number of methoxy groups -OCH3 is 1. The highest BCUT2D eigenvalue weighted by molar-refractivity contribution is 7.89.